The minimum Gasteiger partial charge on any atom is -0.489 e. The van der Waals surface area contributed by atoms with Gasteiger partial charge in [0.1, 0.15) is 12.4 Å². The molecular weight excluding hydrogens is 653 g/mol. The van der Waals surface area contributed by atoms with Gasteiger partial charge in [-0.05, 0) is 80.9 Å². The largest absolute Gasteiger partial charge is 0.489 e. The molecule has 3 aromatic carbocycles. The van der Waals surface area contributed by atoms with Crippen molar-refractivity contribution in [2.75, 3.05) is 76.1 Å². The summed E-state index contributed by atoms with van der Waals surface area (Å²) < 4.78 is 39.6. The zero-order valence-electron chi connectivity index (χ0n) is 29.4. The van der Waals surface area contributed by atoms with Gasteiger partial charge in [0, 0.05) is 85.0 Å². The summed E-state index contributed by atoms with van der Waals surface area (Å²) in [4.78, 5) is 19.2. The van der Waals surface area contributed by atoms with Gasteiger partial charge in [0.2, 0.25) is 0 Å². The van der Waals surface area contributed by atoms with Gasteiger partial charge in [0.15, 0.2) is 9.84 Å². The van der Waals surface area contributed by atoms with Crippen LogP contribution in [0.1, 0.15) is 59.5 Å². The Morgan fingerprint density at radius 3 is 2.44 bits per heavy atom. The highest BCUT2D eigenvalue weighted by atomic mass is 32.2. The molecular formula is C39H48N4O6S. The number of aromatic carboxylic acids is 1. The average Bonchev–Trinajstić information content (AvgIpc) is 3.35. The number of morpholine rings is 1. The molecule has 0 amide bonds. The topological polar surface area (TPSA) is 105 Å². The molecule has 4 aromatic rings. The Labute approximate surface area is 295 Å². The van der Waals surface area contributed by atoms with Gasteiger partial charge in [-0.15, -0.1) is 0 Å². The fourth-order valence-corrected chi connectivity index (χ4v) is 8.65. The zero-order valence-corrected chi connectivity index (χ0v) is 30.2. The second-order valence-electron chi connectivity index (χ2n) is 14.2. The first-order valence-corrected chi connectivity index (χ1v) is 19.7. The summed E-state index contributed by atoms with van der Waals surface area (Å²) in [5.74, 6) is 0.216. The third kappa shape index (κ3) is 6.95. The van der Waals surface area contributed by atoms with E-state index in [1.807, 2.05) is 24.3 Å². The third-order valence-corrected chi connectivity index (χ3v) is 11.7. The Hall–Kier alpha value is -4.06. The molecule has 7 rings (SSSR count). The van der Waals surface area contributed by atoms with Gasteiger partial charge < -0.3 is 33.8 Å². The average molecular weight is 701 g/mol. The molecule has 50 heavy (non-hydrogen) atoms. The number of carboxylic acids is 1. The van der Waals surface area contributed by atoms with Crippen LogP contribution in [0.25, 0.3) is 22.2 Å². The highest BCUT2D eigenvalue weighted by Crippen LogP contribution is 2.48. The Kier molecular flexibility index (Phi) is 9.82. The molecule has 1 N–H and O–H groups in total. The molecule has 0 radical (unpaired) electrons. The molecule has 10 nitrogen and oxygen atoms in total. The van der Waals surface area contributed by atoms with Crippen molar-refractivity contribution in [3.05, 3.63) is 71.3 Å². The lowest BCUT2D eigenvalue weighted by molar-refractivity contribution is 0.0697. The molecule has 3 aliphatic rings. The Morgan fingerprint density at radius 2 is 1.72 bits per heavy atom. The van der Waals surface area contributed by atoms with E-state index in [9.17, 15) is 18.3 Å². The van der Waals surface area contributed by atoms with Crippen LogP contribution in [0.15, 0.2) is 59.5 Å². The van der Waals surface area contributed by atoms with Gasteiger partial charge >= 0.3 is 5.97 Å². The maximum absolute atomic E-state index is 12.5. The molecule has 3 heterocycles. The number of sulfone groups is 1. The molecule has 0 spiro atoms. The van der Waals surface area contributed by atoms with E-state index in [1.54, 1.807) is 18.2 Å². The smallest absolute Gasteiger partial charge is 0.335 e. The summed E-state index contributed by atoms with van der Waals surface area (Å²) in [7, 11) is 0.770. The molecule has 2 aliphatic heterocycles. The second-order valence-corrected chi connectivity index (χ2v) is 16.2. The van der Waals surface area contributed by atoms with Crippen molar-refractivity contribution in [2.45, 2.75) is 56.1 Å². The number of carbonyl (C=O) groups is 1. The molecule has 1 aliphatic carbocycles. The van der Waals surface area contributed by atoms with Gasteiger partial charge in [-0.2, -0.15) is 0 Å². The first kappa shape index (κ1) is 34.4. The standard InChI is InChI=1S/C39H48N4O6S/c1-40(2)15-16-41-17-18-43-36-24-28(39(44)45)9-12-32(36)37(27-7-5-4-6-8-27)38(43)33-13-10-30(25-35(33)41)49-26-29-23-31(50(3,46)47)11-14-34(29)42-19-21-48-22-20-42/h9-14,23-25,27H,4-8,15-22,26H2,1-3H3,(H,44,45). The van der Waals surface area contributed by atoms with E-state index in [0.29, 0.717) is 30.4 Å². The monoisotopic (exact) mass is 700 g/mol. The van der Waals surface area contributed by atoms with E-state index in [4.69, 9.17) is 9.47 Å². The molecule has 266 valence electrons. The molecule has 1 saturated heterocycles. The maximum Gasteiger partial charge on any atom is 0.335 e. The van der Waals surface area contributed by atoms with E-state index < -0.39 is 15.8 Å². The number of hydrogen-bond donors (Lipinski definition) is 1. The number of anilines is 2. The number of benzene rings is 3. The van der Waals surface area contributed by atoms with Crippen molar-refractivity contribution >= 4 is 38.1 Å². The van der Waals surface area contributed by atoms with Gasteiger partial charge in [-0.1, -0.05) is 25.3 Å². The van der Waals surface area contributed by atoms with Crippen molar-refractivity contribution in [3.8, 4) is 17.0 Å². The highest BCUT2D eigenvalue weighted by molar-refractivity contribution is 7.90. The summed E-state index contributed by atoms with van der Waals surface area (Å²) >= 11 is 0. The summed E-state index contributed by atoms with van der Waals surface area (Å²) in [6.07, 6.45) is 7.15. The lowest BCUT2D eigenvalue weighted by atomic mass is 9.81. The number of rotatable bonds is 10. The zero-order chi connectivity index (χ0) is 35.0. The number of likely N-dealkylation sites (N-methyl/N-ethyl adjacent to an activating group) is 1. The van der Waals surface area contributed by atoms with Crippen LogP contribution in [0.3, 0.4) is 0 Å². The van der Waals surface area contributed by atoms with Crippen LogP contribution in [0.4, 0.5) is 11.4 Å². The van der Waals surface area contributed by atoms with Crippen LogP contribution in [-0.2, 0) is 27.7 Å². The van der Waals surface area contributed by atoms with Gasteiger partial charge in [0.05, 0.1) is 29.4 Å². The predicted octanol–water partition coefficient (Wildman–Crippen LogP) is 6.25. The molecule has 2 fully saturated rings. The number of hydrogen-bond acceptors (Lipinski definition) is 8. The lowest BCUT2D eigenvalue weighted by Gasteiger charge is -2.31. The number of carboxylic acid groups (broad SMARTS) is 1. The van der Waals surface area contributed by atoms with E-state index in [1.165, 1.54) is 36.8 Å². The maximum atomic E-state index is 12.5. The van der Waals surface area contributed by atoms with Crippen LogP contribution in [0.2, 0.25) is 0 Å². The van der Waals surface area contributed by atoms with Crippen LogP contribution < -0.4 is 14.5 Å². The molecule has 0 atom stereocenters. The quantitative estimate of drug-likeness (QED) is 0.206. The Bertz CT molecular complexity index is 1990. The van der Waals surface area contributed by atoms with Crippen molar-refractivity contribution < 1.29 is 27.8 Å². The summed E-state index contributed by atoms with van der Waals surface area (Å²) in [5.41, 5.74) is 7.85. The summed E-state index contributed by atoms with van der Waals surface area (Å²) in [6.45, 7) is 6.13. The van der Waals surface area contributed by atoms with Crippen molar-refractivity contribution in [3.63, 3.8) is 0 Å². The summed E-state index contributed by atoms with van der Waals surface area (Å²) in [6, 6.07) is 17.3. The van der Waals surface area contributed by atoms with Crippen molar-refractivity contribution in [1.29, 1.82) is 0 Å². The van der Waals surface area contributed by atoms with E-state index in [-0.39, 0.29) is 11.5 Å². The minimum absolute atomic E-state index is 0.220. The fourth-order valence-electron chi connectivity index (χ4n) is 7.98. The number of fused-ring (bicyclic) bond motifs is 5. The number of ether oxygens (including phenoxy) is 2. The highest BCUT2D eigenvalue weighted by Gasteiger charge is 2.31. The SMILES string of the molecule is CN(C)CCN1CCn2c(c(C3CCCCC3)c3ccc(C(=O)O)cc32)-c2ccc(OCc3cc(S(C)(=O)=O)ccc3N3CCOCC3)cc21. The molecule has 1 saturated carbocycles. The second kappa shape index (κ2) is 14.3. The fraction of sp³-hybridized carbons (Fsp3) is 0.462. The normalized spacial score (nSPS) is 17.1. The lowest BCUT2D eigenvalue weighted by Crippen LogP contribution is -2.36. The van der Waals surface area contributed by atoms with Crippen LogP contribution >= 0.6 is 0 Å². The first-order valence-electron chi connectivity index (χ1n) is 17.8. The van der Waals surface area contributed by atoms with Crippen molar-refractivity contribution in [1.82, 2.24) is 9.47 Å². The van der Waals surface area contributed by atoms with E-state index >= 15 is 0 Å². The number of nitrogens with zero attached hydrogens (tertiary/aromatic N) is 4. The Morgan fingerprint density at radius 1 is 0.940 bits per heavy atom. The van der Waals surface area contributed by atoms with Crippen LogP contribution in [0.5, 0.6) is 5.75 Å². The molecule has 11 heteroatoms. The van der Waals surface area contributed by atoms with Crippen molar-refractivity contribution in [2.24, 2.45) is 0 Å². The van der Waals surface area contributed by atoms with Gasteiger partial charge in [-0.3, -0.25) is 0 Å². The third-order valence-electron chi connectivity index (χ3n) is 10.6. The van der Waals surface area contributed by atoms with E-state index in [2.05, 4.69) is 45.5 Å². The van der Waals surface area contributed by atoms with Crippen LogP contribution in [-0.4, -0.2) is 95.2 Å². The minimum atomic E-state index is -3.40. The van der Waals surface area contributed by atoms with Gasteiger partial charge in [-0.25, -0.2) is 13.2 Å². The first-order chi connectivity index (χ1) is 24.1. The number of aromatic nitrogens is 1. The summed E-state index contributed by atoms with van der Waals surface area (Å²) in [5, 5.41) is 11.1. The predicted molar refractivity (Wildman–Crippen MR) is 198 cm³/mol. The molecule has 0 bridgehead atoms. The molecule has 1 aromatic heterocycles. The van der Waals surface area contributed by atoms with Crippen LogP contribution in [0, 0.1) is 0 Å². The molecule has 0 unspecified atom stereocenters. The van der Waals surface area contributed by atoms with Gasteiger partial charge in [0.25, 0.3) is 0 Å². The Balaban J connectivity index is 1.32. The van der Waals surface area contributed by atoms with E-state index in [0.717, 1.165) is 85.5 Å².